The molecule has 6 heteroatoms. The van der Waals surface area contributed by atoms with Crippen molar-refractivity contribution < 1.29 is 0 Å². The van der Waals surface area contributed by atoms with Crippen LogP contribution in [0.4, 0.5) is 0 Å². The fourth-order valence-electron chi connectivity index (χ4n) is 0.962. The Balaban J connectivity index is 3.21. The summed E-state index contributed by atoms with van der Waals surface area (Å²) in [5.74, 6) is 0. The summed E-state index contributed by atoms with van der Waals surface area (Å²) in [5, 5.41) is 3.32. The lowest BCUT2D eigenvalue weighted by Gasteiger charge is -2.05. The van der Waals surface area contributed by atoms with Gasteiger partial charge in [0.2, 0.25) is 0 Å². The first-order valence-electron chi connectivity index (χ1n) is 3.53. The molecule has 0 spiro atoms. The SMILES string of the molecule is Cc1cc(Br)cc(=O)n1CN=[N+]=[N-]. The van der Waals surface area contributed by atoms with E-state index in [-0.39, 0.29) is 12.2 Å². The Morgan fingerprint density at radius 3 is 2.92 bits per heavy atom. The molecule has 1 heterocycles. The largest absolute Gasteiger partial charge is 0.307 e. The molecule has 0 saturated heterocycles. The van der Waals surface area contributed by atoms with Crippen LogP contribution < -0.4 is 5.56 Å². The van der Waals surface area contributed by atoms with Gasteiger partial charge in [0.1, 0.15) is 6.67 Å². The maximum Gasteiger partial charge on any atom is 0.251 e. The second-order valence-electron chi connectivity index (χ2n) is 2.45. The van der Waals surface area contributed by atoms with Crippen molar-refractivity contribution in [3.8, 4) is 0 Å². The molecule has 13 heavy (non-hydrogen) atoms. The van der Waals surface area contributed by atoms with Crippen LogP contribution >= 0.6 is 15.9 Å². The zero-order valence-electron chi connectivity index (χ0n) is 6.94. The first kappa shape index (κ1) is 9.83. The lowest BCUT2D eigenvalue weighted by atomic mass is 10.4. The van der Waals surface area contributed by atoms with E-state index in [1.807, 2.05) is 0 Å². The molecule has 5 nitrogen and oxygen atoms in total. The third-order valence-corrected chi connectivity index (χ3v) is 2.03. The molecule has 0 unspecified atom stereocenters. The third kappa shape index (κ3) is 2.34. The molecular formula is C7H7BrN4O. The second-order valence-corrected chi connectivity index (χ2v) is 3.37. The lowest BCUT2D eigenvalue weighted by molar-refractivity contribution is 0.671. The molecule has 0 aliphatic rings. The lowest BCUT2D eigenvalue weighted by Crippen LogP contribution is -2.20. The van der Waals surface area contributed by atoms with Crippen LogP contribution in [0, 0.1) is 6.92 Å². The average molecular weight is 243 g/mol. The number of nitrogens with zero attached hydrogens (tertiary/aromatic N) is 4. The number of hydrogen-bond acceptors (Lipinski definition) is 2. The zero-order valence-corrected chi connectivity index (χ0v) is 8.52. The third-order valence-electron chi connectivity index (χ3n) is 1.57. The van der Waals surface area contributed by atoms with Gasteiger partial charge in [-0.25, -0.2) is 0 Å². The summed E-state index contributed by atoms with van der Waals surface area (Å²) in [4.78, 5) is 13.9. The van der Waals surface area contributed by atoms with Crippen molar-refractivity contribution in [3.63, 3.8) is 0 Å². The molecule has 0 aliphatic carbocycles. The van der Waals surface area contributed by atoms with E-state index in [0.29, 0.717) is 0 Å². The first-order valence-corrected chi connectivity index (χ1v) is 4.32. The average Bonchev–Trinajstić information content (AvgIpc) is 2.02. The van der Waals surface area contributed by atoms with Gasteiger partial charge in [0.05, 0.1) is 0 Å². The van der Waals surface area contributed by atoms with Crippen LogP contribution in [0.25, 0.3) is 10.4 Å². The van der Waals surface area contributed by atoms with Crippen molar-refractivity contribution in [2.75, 3.05) is 0 Å². The fraction of sp³-hybridized carbons (Fsp3) is 0.286. The number of aromatic nitrogens is 1. The van der Waals surface area contributed by atoms with Crippen molar-refractivity contribution in [1.29, 1.82) is 0 Å². The van der Waals surface area contributed by atoms with Crippen molar-refractivity contribution in [2.24, 2.45) is 5.11 Å². The summed E-state index contributed by atoms with van der Waals surface area (Å²) >= 11 is 3.20. The Bertz CT molecular complexity index is 419. The minimum absolute atomic E-state index is 0.0362. The van der Waals surface area contributed by atoms with Crippen LogP contribution in [0.5, 0.6) is 0 Å². The van der Waals surface area contributed by atoms with Gasteiger partial charge in [0, 0.05) is 21.1 Å². The van der Waals surface area contributed by atoms with E-state index < -0.39 is 0 Å². The van der Waals surface area contributed by atoms with Crippen LogP contribution in [0.1, 0.15) is 5.69 Å². The second kappa shape index (κ2) is 4.11. The highest BCUT2D eigenvalue weighted by Gasteiger charge is 1.99. The summed E-state index contributed by atoms with van der Waals surface area (Å²) in [6, 6.07) is 3.22. The van der Waals surface area contributed by atoms with Crippen LogP contribution in [-0.4, -0.2) is 4.57 Å². The summed E-state index contributed by atoms with van der Waals surface area (Å²) in [5.41, 5.74) is 8.67. The molecule has 1 aromatic heterocycles. The number of halogens is 1. The predicted molar refractivity (Wildman–Crippen MR) is 52.3 cm³/mol. The molecule has 0 fully saturated rings. The number of rotatable bonds is 2. The van der Waals surface area contributed by atoms with Crippen LogP contribution in [-0.2, 0) is 6.67 Å². The molecule has 68 valence electrons. The van der Waals surface area contributed by atoms with E-state index in [4.69, 9.17) is 5.53 Å². The maximum atomic E-state index is 11.3. The van der Waals surface area contributed by atoms with Gasteiger partial charge in [-0.05, 0) is 18.5 Å². The first-order chi connectivity index (χ1) is 6.15. The summed E-state index contributed by atoms with van der Waals surface area (Å²) in [7, 11) is 0. The zero-order chi connectivity index (χ0) is 9.84. The van der Waals surface area contributed by atoms with Gasteiger partial charge in [-0.3, -0.25) is 4.79 Å². The van der Waals surface area contributed by atoms with Crippen molar-refractivity contribution in [3.05, 3.63) is 43.1 Å². The predicted octanol–water partition coefficient (Wildman–Crippen LogP) is 2.19. The standard InChI is InChI=1S/C7H7BrN4O/c1-5-2-6(8)3-7(13)12(5)4-10-11-9/h2-3H,4H2,1H3. The molecule has 1 aromatic rings. The Morgan fingerprint density at radius 2 is 2.38 bits per heavy atom. The highest BCUT2D eigenvalue weighted by Crippen LogP contribution is 2.07. The van der Waals surface area contributed by atoms with Gasteiger partial charge >= 0.3 is 0 Å². The van der Waals surface area contributed by atoms with E-state index in [1.54, 1.807) is 13.0 Å². The Labute approximate surface area is 82.8 Å². The molecule has 0 aliphatic heterocycles. The monoisotopic (exact) mass is 242 g/mol. The summed E-state index contributed by atoms with van der Waals surface area (Å²) in [6.07, 6.45) is 0. The normalized spacial score (nSPS) is 9.38. The van der Waals surface area contributed by atoms with E-state index in [1.165, 1.54) is 10.6 Å². The molecule has 0 saturated carbocycles. The van der Waals surface area contributed by atoms with Crippen molar-refractivity contribution in [1.82, 2.24) is 4.57 Å². The Kier molecular flexibility index (Phi) is 3.11. The quantitative estimate of drug-likeness (QED) is 0.445. The molecule has 0 bridgehead atoms. The molecule has 0 amide bonds. The minimum Gasteiger partial charge on any atom is -0.307 e. The molecule has 0 aromatic carbocycles. The van der Waals surface area contributed by atoms with E-state index in [9.17, 15) is 4.79 Å². The van der Waals surface area contributed by atoms with Crippen LogP contribution in [0.3, 0.4) is 0 Å². The number of pyridine rings is 1. The van der Waals surface area contributed by atoms with E-state index in [2.05, 4.69) is 26.0 Å². The van der Waals surface area contributed by atoms with Gasteiger partial charge in [0.15, 0.2) is 0 Å². The van der Waals surface area contributed by atoms with Crippen LogP contribution in [0.15, 0.2) is 26.5 Å². The molecule has 0 N–H and O–H groups in total. The summed E-state index contributed by atoms with van der Waals surface area (Å²) < 4.78 is 2.12. The molecule has 1 rings (SSSR count). The topological polar surface area (TPSA) is 70.8 Å². The molecule has 0 atom stereocenters. The summed E-state index contributed by atoms with van der Waals surface area (Å²) in [6.45, 7) is 1.81. The minimum atomic E-state index is -0.181. The maximum absolute atomic E-state index is 11.3. The molecule has 0 radical (unpaired) electrons. The van der Waals surface area contributed by atoms with Gasteiger partial charge < -0.3 is 4.57 Å². The van der Waals surface area contributed by atoms with Gasteiger partial charge in [-0.15, -0.1) is 0 Å². The molecular weight excluding hydrogens is 236 g/mol. The number of hydrogen-bond donors (Lipinski definition) is 0. The highest BCUT2D eigenvalue weighted by molar-refractivity contribution is 9.10. The van der Waals surface area contributed by atoms with Crippen molar-refractivity contribution in [2.45, 2.75) is 13.6 Å². The van der Waals surface area contributed by atoms with Gasteiger partial charge in [-0.2, -0.15) is 0 Å². The van der Waals surface area contributed by atoms with Gasteiger partial charge in [-0.1, -0.05) is 21.0 Å². The van der Waals surface area contributed by atoms with Crippen molar-refractivity contribution >= 4 is 15.9 Å². The Hall–Kier alpha value is -1.26. The Morgan fingerprint density at radius 1 is 1.69 bits per heavy atom. The van der Waals surface area contributed by atoms with Gasteiger partial charge in [0.25, 0.3) is 5.56 Å². The fourth-order valence-corrected chi connectivity index (χ4v) is 1.49. The number of aryl methyl sites for hydroxylation is 1. The number of azide groups is 1. The van der Waals surface area contributed by atoms with E-state index >= 15 is 0 Å². The highest BCUT2D eigenvalue weighted by atomic mass is 79.9. The van der Waals surface area contributed by atoms with E-state index in [0.717, 1.165) is 10.2 Å². The smallest absolute Gasteiger partial charge is 0.251 e. The van der Waals surface area contributed by atoms with Crippen LogP contribution in [0.2, 0.25) is 0 Å².